The van der Waals surface area contributed by atoms with Crippen LogP contribution in [0.5, 0.6) is 0 Å². The summed E-state index contributed by atoms with van der Waals surface area (Å²) in [6.45, 7) is 5.74. The van der Waals surface area contributed by atoms with E-state index in [1.165, 1.54) is 7.11 Å². The summed E-state index contributed by atoms with van der Waals surface area (Å²) in [5.74, 6) is -0.326. The highest BCUT2D eigenvalue weighted by molar-refractivity contribution is 5.89. The lowest BCUT2D eigenvalue weighted by atomic mass is 10.1. The molecule has 0 aliphatic heterocycles. The molecule has 0 aliphatic rings. The Bertz CT molecular complexity index is 390. The predicted octanol–water partition coefficient (Wildman–Crippen LogP) is 2.70. The Morgan fingerprint density at radius 1 is 1.37 bits per heavy atom. The Labute approximate surface area is 114 Å². The lowest BCUT2D eigenvalue weighted by Gasteiger charge is -2.20. The van der Waals surface area contributed by atoms with E-state index in [2.05, 4.69) is 9.64 Å². The smallest absolute Gasteiger partial charge is 0.337 e. The standard InChI is InChI=1S/C15H22FNO2/c1-4-17(11-12(2)16)10-9-13-5-7-14(8-6-13)15(18)19-3/h5-8,12H,4,9-11H2,1-3H3. The Balaban J connectivity index is 2.51. The maximum atomic E-state index is 13.0. The molecule has 0 spiro atoms. The van der Waals surface area contributed by atoms with Gasteiger partial charge in [-0.15, -0.1) is 0 Å². The number of ether oxygens (including phenoxy) is 1. The van der Waals surface area contributed by atoms with Gasteiger partial charge in [0.05, 0.1) is 12.7 Å². The van der Waals surface area contributed by atoms with Gasteiger partial charge in [0, 0.05) is 13.1 Å². The maximum absolute atomic E-state index is 13.0. The molecule has 106 valence electrons. The summed E-state index contributed by atoms with van der Waals surface area (Å²) in [6.07, 6.45) is 0.0452. The number of nitrogens with zero attached hydrogens (tertiary/aromatic N) is 1. The third-order valence-corrected chi connectivity index (χ3v) is 3.05. The molecule has 0 fully saturated rings. The highest BCUT2D eigenvalue weighted by Gasteiger charge is 2.08. The number of benzene rings is 1. The highest BCUT2D eigenvalue weighted by atomic mass is 19.1. The molecule has 4 heteroatoms. The first kappa shape index (κ1) is 15.6. The molecular formula is C15H22FNO2. The summed E-state index contributed by atoms with van der Waals surface area (Å²) in [5.41, 5.74) is 1.69. The summed E-state index contributed by atoms with van der Waals surface area (Å²) >= 11 is 0. The lowest BCUT2D eigenvalue weighted by molar-refractivity contribution is 0.0600. The van der Waals surface area contributed by atoms with Crippen LogP contribution in [0.25, 0.3) is 0 Å². The number of carbonyl (C=O) groups excluding carboxylic acids is 1. The zero-order chi connectivity index (χ0) is 14.3. The van der Waals surface area contributed by atoms with Gasteiger partial charge in [0.1, 0.15) is 6.17 Å². The molecule has 0 N–H and O–H groups in total. The number of rotatable bonds is 7. The molecular weight excluding hydrogens is 245 g/mol. The van der Waals surface area contributed by atoms with Crippen LogP contribution >= 0.6 is 0 Å². The highest BCUT2D eigenvalue weighted by Crippen LogP contribution is 2.07. The molecule has 1 unspecified atom stereocenters. The zero-order valence-electron chi connectivity index (χ0n) is 11.9. The molecule has 0 heterocycles. The summed E-state index contributed by atoms with van der Waals surface area (Å²) < 4.78 is 17.6. The molecule has 3 nitrogen and oxygen atoms in total. The lowest BCUT2D eigenvalue weighted by Crippen LogP contribution is -2.31. The molecule has 0 saturated heterocycles. The fourth-order valence-corrected chi connectivity index (χ4v) is 1.95. The van der Waals surface area contributed by atoms with Crippen LogP contribution in [-0.4, -0.2) is 43.8 Å². The minimum Gasteiger partial charge on any atom is -0.465 e. The van der Waals surface area contributed by atoms with Crippen LogP contribution in [0.1, 0.15) is 29.8 Å². The van der Waals surface area contributed by atoms with Gasteiger partial charge < -0.3 is 9.64 Å². The normalized spacial score (nSPS) is 12.5. The zero-order valence-corrected chi connectivity index (χ0v) is 11.9. The fourth-order valence-electron chi connectivity index (χ4n) is 1.95. The average Bonchev–Trinajstić information content (AvgIpc) is 2.42. The van der Waals surface area contributed by atoms with E-state index in [4.69, 9.17) is 0 Å². The van der Waals surface area contributed by atoms with Crippen molar-refractivity contribution in [3.05, 3.63) is 35.4 Å². The SMILES string of the molecule is CCN(CCc1ccc(C(=O)OC)cc1)CC(C)F. The minimum atomic E-state index is -0.804. The van der Waals surface area contributed by atoms with Gasteiger partial charge in [0.25, 0.3) is 0 Å². The monoisotopic (exact) mass is 267 g/mol. The van der Waals surface area contributed by atoms with Crippen molar-refractivity contribution in [1.82, 2.24) is 4.90 Å². The van der Waals surface area contributed by atoms with Crippen LogP contribution in [0.15, 0.2) is 24.3 Å². The third kappa shape index (κ3) is 5.39. The maximum Gasteiger partial charge on any atom is 0.337 e. The van der Waals surface area contributed by atoms with Crippen LogP contribution in [0, 0.1) is 0 Å². The molecule has 0 aliphatic carbocycles. The number of hydrogen-bond acceptors (Lipinski definition) is 3. The second-order valence-electron chi connectivity index (χ2n) is 4.61. The molecule has 1 aromatic carbocycles. The number of halogens is 1. The number of hydrogen-bond donors (Lipinski definition) is 0. The van der Waals surface area contributed by atoms with E-state index in [0.717, 1.165) is 25.1 Å². The van der Waals surface area contributed by atoms with Crippen LogP contribution in [-0.2, 0) is 11.2 Å². The molecule has 19 heavy (non-hydrogen) atoms. The number of carbonyl (C=O) groups is 1. The second kappa shape index (κ2) is 7.89. The topological polar surface area (TPSA) is 29.5 Å². The van der Waals surface area contributed by atoms with Gasteiger partial charge >= 0.3 is 5.97 Å². The van der Waals surface area contributed by atoms with Gasteiger partial charge in [-0.3, -0.25) is 0 Å². The van der Waals surface area contributed by atoms with Crippen LogP contribution in [0.4, 0.5) is 4.39 Å². The van der Waals surface area contributed by atoms with Crippen molar-refractivity contribution in [3.63, 3.8) is 0 Å². The summed E-state index contributed by atoms with van der Waals surface area (Å²) in [4.78, 5) is 13.4. The summed E-state index contributed by atoms with van der Waals surface area (Å²) in [7, 11) is 1.37. The first-order valence-electron chi connectivity index (χ1n) is 6.60. The van der Waals surface area contributed by atoms with E-state index in [-0.39, 0.29) is 5.97 Å². The number of esters is 1. The number of methoxy groups -OCH3 is 1. The van der Waals surface area contributed by atoms with Crippen LogP contribution in [0.2, 0.25) is 0 Å². The molecule has 0 saturated carbocycles. The van der Waals surface area contributed by atoms with Gasteiger partial charge in [0.15, 0.2) is 0 Å². The van der Waals surface area contributed by atoms with Gasteiger partial charge in [-0.2, -0.15) is 0 Å². The van der Waals surface area contributed by atoms with Crippen molar-refractivity contribution in [2.75, 3.05) is 26.7 Å². The van der Waals surface area contributed by atoms with E-state index in [9.17, 15) is 9.18 Å². The Hall–Kier alpha value is -1.42. The van der Waals surface area contributed by atoms with Gasteiger partial charge in [-0.25, -0.2) is 9.18 Å². The second-order valence-corrected chi connectivity index (χ2v) is 4.61. The van der Waals surface area contributed by atoms with Gasteiger partial charge in [-0.05, 0) is 37.6 Å². The first-order valence-corrected chi connectivity index (χ1v) is 6.60. The number of alkyl halides is 1. The molecule has 1 atom stereocenters. The van der Waals surface area contributed by atoms with E-state index in [0.29, 0.717) is 12.1 Å². The Morgan fingerprint density at radius 2 is 2.00 bits per heavy atom. The Kier molecular flexibility index (Phi) is 6.50. The summed E-state index contributed by atoms with van der Waals surface area (Å²) in [6, 6.07) is 7.35. The van der Waals surface area contributed by atoms with Gasteiger partial charge in [-0.1, -0.05) is 19.1 Å². The van der Waals surface area contributed by atoms with E-state index in [1.807, 2.05) is 19.1 Å². The van der Waals surface area contributed by atoms with E-state index < -0.39 is 6.17 Å². The number of likely N-dealkylation sites (N-methyl/N-ethyl adjacent to an activating group) is 1. The molecule has 0 amide bonds. The predicted molar refractivity (Wildman–Crippen MR) is 74.2 cm³/mol. The van der Waals surface area contributed by atoms with Crippen molar-refractivity contribution < 1.29 is 13.9 Å². The fraction of sp³-hybridized carbons (Fsp3) is 0.533. The first-order chi connectivity index (χ1) is 9.06. The molecule has 1 aromatic rings. The van der Waals surface area contributed by atoms with E-state index >= 15 is 0 Å². The minimum absolute atomic E-state index is 0.326. The van der Waals surface area contributed by atoms with Crippen molar-refractivity contribution >= 4 is 5.97 Å². The van der Waals surface area contributed by atoms with Crippen LogP contribution < -0.4 is 0 Å². The molecule has 0 bridgehead atoms. The van der Waals surface area contributed by atoms with Crippen molar-refractivity contribution in [1.29, 1.82) is 0 Å². The van der Waals surface area contributed by atoms with E-state index in [1.54, 1.807) is 19.1 Å². The van der Waals surface area contributed by atoms with Crippen molar-refractivity contribution in [2.24, 2.45) is 0 Å². The Morgan fingerprint density at radius 3 is 2.47 bits per heavy atom. The summed E-state index contributed by atoms with van der Waals surface area (Å²) in [5, 5.41) is 0. The molecule has 0 radical (unpaired) electrons. The third-order valence-electron chi connectivity index (χ3n) is 3.05. The quantitative estimate of drug-likeness (QED) is 0.711. The van der Waals surface area contributed by atoms with Gasteiger partial charge in [0.2, 0.25) is 0 Å². The largest absolute Gasteiger partial charge is 0.465 e. The van der Waals surface area contributed by atoms with Crippen molar-refractivity contribution in [3.8, 4) is 0 Å². The van der Waals surface area contributed by atoms with Crippen LogP contribution in [0.3, 0.4) is 0 Å². The molecule has 0 aromatic heterocycles. The average molecular weight is 267 g/mol. The van der Waals surface area contributed by atoms with Crippen molar-refractivity contribution in [2.45, 2.75) is 26.4 Å². The molecule has 1 rings (SSSR count).